The van der Waals surface area contributed by atoms with E-state index in [1.54, 1.807) is 24.4 Å². The van der Waals surface area contributed by atoms with Gasteiger partial charge in [-0.05, 0) is 11.6 Å². The lowest BCUT2D eigenvalue weighted by Crippen LogP contribution is -2.08. The fourth-order valence-corrected chi connectivity index (χ4v) is 2.32. The minimum atomic E-state index is -0.152. The Balaban J connectivity index is 2.16. The van der Waals surface area contributed by atoms with Gasteiger partial charge in [0.25, 0.3) is 0 Å². The number of hydrogen-bond donors (Lipinski definition) is 0. The maximum absolute atomic E-state index is 12.7. The first-order chi connectivity index (χ1) is 10.3. The molecule has 3 nitrogen and oxygen atoms in total. The van der Waals surface area contributed by atoms with E-state index in [9.17, 15) is 10.1 Å². The van der Waals surface area contributed by atoms with Crippen molar-refractivity contribution in [3.8, 4) is 17.3 Å². The molecular weight excluding hydrogens is 260 g/mol. The molecule has 1 aromatic heterocycles. The van der Waals surface area contributed by atoms with Crippen LogP contribution in [-0.4, -0.2) is 10.4 Å². The van der Waals surface area contributed by atoms with E-state index < -0.39 is 0 Å². The molecule has 0 amide bonds. The highest BCUT2D eigenvalue weighted by Gasteiger charge is 2.19. The molecule has 3 rings (SSSR count). The molecule has 0 saturated heterocycles. The average Bonchev–Trinajstić information content (AvgIpc) is 2.99. The molecule has 1 heterocycles. The van der Waals surface area contributed by atoms with E-state index in [0.29, 0.717) is 11.3 Å². The number of aromatic nitrogens is 1. The van der Waals surface area contributed by atoms with E-state index in [1.165, 1.54) is 4.57 Å². The summed E-state index contributed by atoms with van der Waals surface area (Å²) in [7, 11) is 0. The molecule has 0 unspecified atom stereocenters. The first-order valence-electron chi connectivity index (χ1n) is 6.58. The Bertz CT molecular complexity index is 811. The smallest absolute Gasteiger partial charge is 0.211 e. The van der Waals surface area contributed by atoms with Crippen LogP contribution in [0.5, 0.6) is 0 Å². The summed E-state index contributed by atoms with van der Waals surface area (Å²) in [5, 5.41) is 9.24. The van der Waals surface area contributed by atoms with Crippen molar-refractivity contribution >= 4 is 5.78 Å². The molecule has 3 aromatic rings. The van der Waals surface area contributed by atoms with Crippen molar-refractivity contribution in [2.75, 3.05) is 0 Å². The van der Waals surface area contributed by atoms with Gasteiger partial charge in [-0.1, -0.05) is 60.7 Å². The Morgan fingerprint density at radius 1 is 0.905 bits per heavy atom. The van der Waals surface area contributed by atoms with Crippen molar-refractivity contribution < 1.29 is 4.79 Å². The van der Waals surface area contributed by atoms with Gasteiger partial charge in [0.2, 0.25) is 5.78 Å². The number of ketones is 1. The Hall–Kier alpha value is -3.12. The fraction of sp³-hybridized carbons (Fsp3) is 0. The second-order valence-electron chi connectivity index (χ2n) is 4.61. The lowest BCUT2D eigenvalue weighted by atomic mass is 10.0. The third-order valence-electron chi connectivity index (χ3n) is 3.33. The second-order valence-corrected chi connectivity index (χ2v) is 4.61. The summed E-state index contributed by atoms with van der Waals surface area (Å²) in [5.41, 5.74) is 2.66. The van der Waals surface area contributed by atoms with E-state index in [1.807, 2.05) is 54.7 Å². The van der Waals surface area contributed by atoms with Crippen LogP contribution < -0.4 is 0 Å². The average molecular weight is 272 g/mol. The zero-order chi connectivity index (χ0) is 14.7. The zero-order valence-corrected chi connectivity index (χ0v) is 11.2. The van der Waals surface area contributed by atoms with Crippen LogP contribution in [0, 0.1) is 11.5 Å². The Morgan fingerprint density at radius 2 is 1.52 bits per heavy atom. The third-order valence-corrected chi connectivity index (χ3v) is 3.33. The summed E-state index contributed by atoms with van der Waals surface area (Å²) < 4.78 is 1.32. The SMILES string of the molecule is N#Cn1ccc(-c2ccccc2)c1C(=O)c1ccccc1. The Morgan fingerprint density at radius 3 is 2.14 bits per heavy atom. The number of nitriles is 1. The van der Waals surface area contributed by atoms with Crippen LogP contribution in [-0.2, 0) is 0 Å². The van der Waals surface area contributed by atoms with Crippen molar-refractivity contribution in [3.63, 3.8) is 0 Å². The highest BCUT2D eigenvalue weighted by molar-refractivity contribution is 6.12. The van der Waals surface area contributed by atoms with E-state index >= 15 is 0 Å². The largest absolute Gasteiger partial charge is 0.287 e. The summed E-state index contributed by atoms with van der Waals surface area (Å²) >= 11 is 0. The van der Waals surface area contributed by atoms with Crippen molar-refractivity contribution in [1.82, 2.24) is 4.57 Å². The van der Waals surface area contributed by atoms with Gasteiger partial charge in [0.1, 0.15) is 5.69 Å². The van der Waals surface area contributed by atoms with E-state index in [2.05, 4.69) is 0 Å². The summed E-state index contributed by atoms with van der Waals surface area (Å²) in [4.78, 5) is 12.7. The van der Waals surface area contributed by atoms with Gasteiger partial charge in [-0.15, -0.1) is 0 Å². The highest BCUT2D eigenvalue weighted by Crippen LogP contribution is 2.26. The molecular formula is C18H12N2O. The molecule has 0 fully saturated rings. The van der Waals surface area contributed by atoms with Gasteiger partial charge in [-0.2, -0.15) is 5.26 Å². The number of hydrogen-bond acceptors (Lipinski definition) is 2. The van der Waals surface area contributed by atoms with Crippen molar-refractivity contribution in [1.29, 1.82) is 5.26 Å². The Labute approximate surface area is 122 Å². The molecule has 0 saturated carbocycles. The molecule has 0 radical (unpaired) electrons. The topological polar surface area (TPSA) is 45.8 Å². The molecule has 0 aliphatic rings. The van der Waals surface area contributed by atoms with Crippen LogP contribution >= 0.6 is 0 Å². The normalized spacial score (nSPS) is 10.0. The predicted molar refractivity (Wildman–Crippen MR) is 80.8 cm³/mol. The number of carbonyl (C=O) groups is 1. The van der Waals surface area contributed by atoms with Crippen LogP contribution in [0.25, 0.3) is 11.1 Å². The summed E-state index contributed by atoms with van der Waals surface area (Å²) in [6.07, 6.45) is 3.66. The fourth-order valence-electron chi connectivity index (χ4n) is 2.32. The van der Waals surface area contributed by atoms with Gasteiger partial charge < -0.3 is 0 Å². The quantitative estimate of drug-likeness (QED) is 0.682. The maximum Gasteiger partial charge on any atom is 0.211 e. The lowest BCUT2D eigenvalue weighted by Gasteiger charge is -2.06. The van der Waals surface area contributed by atoms with Gasteiger partial charge in [0.05, 0.1) is 0 Å². The molecule has 0 spiro atoms. The summed E-state index contributed by atoms with van der Waals surface area (Å²) in [6, 6.07) is 20.4. The minimum Gasteiger partial charge on any atom is -0.287 e. The van der Waals surface area contributed by atoms with Crippen LogP contribution in [0.3, 0.4) is 0 Å². The van der Waals surface area contributed by atoms with Gasteiger partial charge in [0, 0.05) is 17.3 Å². The van der Waals surface area contributed by atoms with Gasteiger partial charge in [-0.25, -0.2) is 0 Å². The molecule has 0 atom stereocenters. The van der Waals surface area contributed by atoms with Crippen molar-refractivity contribution in [3.05, 3.63) is 84.2 Å². The van der Waals surface area contributed by atoms with E-state index in [0.717, 1.165) is 11.1 Å². The molecule has 0 aliphatic carbocycles. The number of carbonyl (C=O) groups excluding carboxylic acids is 1. The number of rotatable bonds is 3. The molecule has 100 valence electrons. The minimum absolute atomic E-state index is 0.152. The third kappa shape index (κ3) is 2.35. The van der Waals surface area contributed by atoms with E-state index in [4.69, 9.17) is 0 Å². The molecule has 0 N–H and O–H groups in total. The van der Waals surface area contributed by atoms with Crippen LogP contribution in [0.2, 0.25) is 0 Å². The lowest BCUT2D eigenvalue weighted by molar-refractivity contribution is 0.103. The molecule has 0 aliphatic heterocycles. The highest BCUT2D eigenvalue weighted by atomic mass is 16.1. The predicted octanol–water partition coefficient (Wildman–Crippen LogP) is 3.72. The van der Waals surface area contributed by atoms with Gasteiger partial charge in [0.15, 0.2) is 6.19 Å². The molecule has 21 heavy (non-hydrogen) atoms. The molecule has 3 heteroatoms. The maximum atomic E-state index is 12.7. The standard InChI is InChI=1S/C18H12N2O/c19-13-20-12-11-16(14-7-3-1-4-8-14)17(20)18(21)15-9-5-2-6-10-15/h1-12H. The van der Waals surface area contributed by atoms with Crippen LogP contribution in [0.1, 0.15) is 16.1 Å². The van der Waals surface area contributed by atoms with Gasteiger partial charge in [-0.3, -0.25) is 9.36 Å². The van der Waals surface area contributed by atoms with Gasteiger partial charge >= 0.3 is 0 Å². The summed E-state index contributed by atoms with van der Waals surface area (Å²) in [5.74, 6) is -0.152. The monoisotopic (exact) mass is 272 g/mol. The first-order valence-corrected chi connectivity index (χ1v) is 6.58. The summed E-state index contributed by atoms with van der Waals surface area (Å²) in [6.45, 7) is 0. The number of nitrogens with zero attached hydrogens (tertiary/aromatic N) is 2. The van der Waals surface area contributed by atoms with E-state index in [-0.39, 0.29) is 5.78 Å². The zero-order valence-electron chi connectivity index (χ0n) is 11.2. The van der Waals surface area contributed by atoms with Crippen LogP contribution in [0.4, 0.5) is 0 Å². The van der Waals surface area contributed by atoms with Crippen molar-refractivity contribution in [2.45, 2.75) is 0 Å². The Kier molecular flexibility index (Phi) is 3.36. The second kappa shape index (κ2) is 5.48. The van der Waals surface area contributed by atoms with Crippen molar-refractivity contribution in [2.24, 2.45) is 0 Å². The molecule has 0 bridgehead atoms. The van der Waals surface area contributed by atoms with Crippen LogP contribution in [0.15, 0.2) is 72.9 Å². The first kappa shape index (κ1) is 12.9. The molecule has 2 aromatic carbocycles. The number of benzene rings is 2.